The highest BCUT2D eigenvalue weighted by molar-refractivity contribution is 6.39. The van der Waals surface area contributed by atoms with Gasteiger partial charge >= 0.3 is 5.97 Å². The first kappa shape index (κ1) is 15.4. The fourth-order valence-electron chi connectivity index (χ4n) is 2.80. The Balaban J connectivity index is 2.24. The average molecular weight is 288 g/mol. The quantitative estimate of drug-likeness (QED) is 0.485. The lowest BCUT2D eigenvalue weighted by molar-refractivity contribution is -0.153. The van der Waals surface area contributed by atoms with Crippen molar-refractivity contribution >= 4 is 17.5 Å². The highest BCUT2D eigenvalue weighted by atomic mass is 16.5. The van der Waals surface area contributed by atoms with Crippen LogP contribution in [0.2, 0.25) is 0 Å². The molecule has 0 bridgehead atoms. The van der Waals surface area contributed by atoms with Crippen molar-refractivity contribution in [1.29, 1.82) is 0 Å². The molecule has 112 valence electrons. The molecule has 0 spiro atoms. The van der Waals surface area contributed by atoms with E-state index in [1.807, 2.05) is 12.1 Å². The summed E-state index contributed by atoms with van der Waals surface area (Å²) in [6.45, 7) is 4.30. The molecule has 1 aromatic carbocycles. The lowest BCUT2D eigenvalue weighted by Gasteiger charge is -2.22. The standard InChI is InChI=1S/C17H20O4/c1-10(2)8-11-4-6-13-12(9-11)5-7-14(15(13)18)16(19)17(20)21-3/h4,6,9-10,14H,5,7-8H2,1-3H3. The highest BCUT2D eigenvalue weighted by Gasteiger charge is 2.36. The molecular weight excluding hydrogens is 268 g/mol. The van der Waals surface area contributed by atoms with Crippen LogP contribution in [0.15, 0.2) is 18.2 Å². The van der Waals surface area contributed by atoms with Gasteiger partial charge in [0.25, 0.3) is 5.78 Å². The number of hydrogen-bond acceptors (Lipinski definition) is 4. The van der Waals surface area contributed by atoms with Crippen LogP contribution in [0.5, 0.6) is 0 Å². The Bertz CT molecular complexity index is 586. The second kappa shape index (κ2) is 6.20. The van der Waals surface area contributed by atoms with Gasteiger partial charge in [0.15, 0.2) is 5.78 Å². The molecule has 0 saturated carbocycles. The van der Waals surface area contributed by atoms with E-state index in [1.165, 1.54) is 5.56 Å². The minimum absolute atomic E-state index is 0.261. The second-order valence-electron chi connectivity index (χ2n) is 5.90. The van der Waals surface area contributed by atoms with Gasteiger partial charge in [-0.15, -0.1) is 0 Å². The predicted molar refractivity (Wildman–Crippen MR) is 78.1 cm³/mol. The van der Waals surface area contributed by atoms with Gasteiger partial charge in [-0.25, -0.2) is 4.79 Å². The van der Waals surface area contributed by atoms with Gasteiger partial charge in [0.2, 0.25) is 0 Å². The Hall–Kier alpha value is -1.97. The van der Waals surface area contributed by atoms with E-state index in [9.17, 15) is 14.4 Å². The number of ketones is 2. The number of aryl methyl sites for hydroxylation is 1. The number of methoxy groups -OCH3 is 1. The summed E-state index contributed by atoms with van der Waals surface area (Å²) in [7, 11) is 1.15. The first-order chi connectivity index (χ1) is 9.93. The van der Waals surface area contributed by atoms with Crippen molar-refractivity contribution in [3.63, 3.8) is 0 Å². The summed E-state index contributed by atoms with van der Waals surface area (Å²) < 4.78 is 4.42. The van der Waals surface area contributed by atoms with Gasteiger partial charge in [0.1, 0.15) is 0 Å². The molecule has 1 aliphatic rings. The van der Waals surface area contributed by atoms with E-state index in [0.717, 1.165) is 19.1 Å². The number of carbonyl (C=O) groups is 3. The number of esters is 1. The molecule has 1 atom stereocenters. The minimum Gasteiger partial charge on any atom is -0.463 e. The maximum Gasteiger partial charge on any atom is 0.375 e. The summed E-state index contributed by atoms with van der Waals surface area (Å²) >= 11 is 0. The van der Waals surface area contributed by atoms with E-state index in [2.05, 4.69) is 18.6 Å². The van der Waals surface area contributed by atoms with Crippen molar-refractivity contribution < 1.29 is 19.1 Å². The Kier molecular flexibility index (Phi) is 4.56. The van der Waals surface area contributed by atoms with Crippen LogP contribution < -0.4 is 0 Å². The summed E-state index contributed by atoms with van der Waals surface area (Å²) in [5, 5.41) is 0. The lowest BCUT2D eigenvalue weighted by atomic mass is 9.79. The SMILES string of the molecule is COC(=O)C(=O)C1CCc2cc(CC(C)C)ccc2C1=O. The van der Waals surface area contributed by atoms with Crippen molar-refractivity contribution in [3.8, 4) is 0 Å². The minimum atomic E-state index is -0.937. The molecule has 0 aromatic heterocycles. The molecule has 0 saturated heterocycles. The number of Topliss-reactive ketones (excluding diaryl/α,β-unsaturated/α-hetero) is 2. The number of hydrogen-bond donors (Lipinski definition) is 0. The van der Waals surface area contributed by atoms with Crippen molar-refractivity contribution in [2.75, 3.05) is 7.11 Å². The number of ether oxygens (including phenoxy) is 1. The molecule has 0 radical (unpaired) electrons. The second-order valence-corrected chi connectivity index (χ2v) is 5.90. The van der Waals surface area contributed by atoms with Crippen LogP contribution in [0.25, 0.3) is 0 Å². The topological polar surface area (TPSA) is 60.4 Å². The van der Waals surface area contributed by atoms with Crippen molar-refractivity contribution in [1.82, 2.24) is 0 Å². The zero-order valence-corrected chi connectivity index (χ0v) is 12.6. The normalized spacial score (nSPS) is 17.5. The van der Waals surface area contributed by atoms with Gasteiger partial charge < -0.3 is 4.74 Å². The molecule has 21 heavy (non-hydrogen) atoms. The molecule has 1 unspecified atom stereocenters. The molecule has 1 aromatic rings. The molecule has 0 amide bonds. The van der Waals surface area contributed by atoms with Crippen LogP contribution in [0.4, 0.5) is 0 Å². The van der Waals surface area contributed by atoms with Crippen molar-refractivity contribution in [3.05, 3.63) is 34.9 Å². The van der Waals surface area contributed by atoms with E-state index in [4.69, 9.17) is 0 Å². The largest absolute Gasteiger partial charge is 0.463 e. The molecule has 0 N–H and O–H groups in total. The smallest absolute Gasteiger partial charge is 0.375 e. The number of fused-ring (bicyclic) bond motifs is 1. The fraction of sp³-hybridized carbons (Fsp3) is 0.471. The Morgan fingerprint density at radius 3 is 2.67 bits per heavy atom. The Morgan fingerprint density at radius 1 is 1.33 bits per heavy atom. The van der Waals surface area contributed by atoms with E-state index >= 15 is 0 Å². The third-order valence-electron chi connectivity index (χ3n) is 3.80. The van der Waals surface area contributed by atoms with Gasteiger partial charge in [-0.2, -0.15) is 0 Å². The van der Waals surface area contributed by atoms with Gasteiger partial charge in [-0.1, -0.05) is 32.0 Å². The summed E-state index contributed by atoms with van der Waals surface area (Å²) in [6.07, 6.45) is 1.98. The molecule has 4 heteroatoms. The van der Waals surface area contributed by atoms with E-state index in [1.54, 1.807) is 6.07 Å². The maximum absolute atomic E-state index is 12.4. The molecule has 1 aliphatic carbocycles. The van der Waals surface area contributed by atoms with Crippen LogP contribution >= 0.6 is 0 Å². The molecule has 0 heterocycles. The van der Waals surface area contributed by atoms with Crippen LogP contribution in [-0.2, 0) is 27.2 Å². The Labute approximate surface area is 124 Å². The summed E-state index contributed by atoms with van der Waals surface area (Å²) in [5.41, 5.74) is 2.75. The van der Waals surface area contributed by atoms with Gasteiger partial charge in [-0.3, -0.25) is 9.59 Å². The van der Waals surface area contributed by atoms with Crippen LogP contribution in [-0.4, -0.2) is 24.6 Å². The zero-order chi connectivity index (χ0) is 15.6. The average Bonchev–Trinajstić information content (AvgIpc) is 2.45. The predicted octanol–water partition coefficient (Wildman–Crippen LogP) is 2.37. The van der Waals surface area contributed by atoms with Gasteiger partial charge in [-0.05, 0) is 36.3 Å². The van der Waals surface area contributed by atoms with Crippen LogP contribution in [0, 0.1) is 11.8 Å². The summed E-state index contributed by atoms with van der Waals surface area (Å²) in [4.78, 5) is 35.6. The first-order valence-electron chi connectivity index (χ1n) is 7.22. The summed E-state index contributed by atoms with van der Waals surface area (Å²) in [6, 6.07) is 5.76. The molecule has 2 rings (SSSR count). The Morgan fingerprint density at radius 2 is 2.05 bits per heavy atom. The number of benzene rings is 1. The number of carbonyl (C=O) groups excluding carboxylic acids is 3. The van der Waals surface area contributed by atoms with Crippen LogP contribution in [0.3, 0.4) is 0 Å². The molecule has 4 nitrogen and oxygen atoms in total. The van der Waals surface area contributed by atoms with E-state index in [0.29, 0.717) is 24.3 Å². The van der Waals surface area contributed by atoms with Gasteiger partial charge in [0.05, 0.1) is 13.0 Å². The number of rotatable bonds is 4. The first-order valence-corrected chi connectivity index (χ1v) is 7.22. The van der Waals surface area contributed by atoms with Gasteiger partial charge in [0, 0.05) is 5.56 Å². The third kappa shape index (κ3) is 3.20. The summed E-state index contributed by atoms with van der Waals surface area (Å²) in [5.74, 6) is -2.27. The molecular formula is C17H20O4. The van der Waals surface area contributed by atoms with Crippen molar-refractivity contribution in [2.45, 2.75) is 33.1 Å². The molecule has 0 aliphatic heterocycles. The fourth-order valence-corrected chi connectivity index (χ4v) is 2.80. The lowest BCUT2D eigenvalue weighted by Crippen LogP contribution is -2.34. The van der Waals surface area contributed by atoms with Crippen LogP contribution in [0.1, 0.15) is 41.8 Å². The van der Waals surface area contributed by atoms with E-state index in [-0.39, 0.29) is 5.78 Å². The monoisotopic (exact) mass is 288 g/mol. The van der Waals surface area contributed by atoms with Crippen molar-refractivity contribution in [2.24, 2.45) is 11.8 Å². The molecule has 0 fully saturated rings. The van der Waals surface area contributed by atoms with E-state index < -0.39 is 17.7 Å². The highest BCUT2D eigenvalue weighted by Crippen LogP contribution is 2.28. The zero-order valence-electron chi connectivity index (χ0n) is 12.6. The third-order valence-corrected chi connectivity index (χ3v) is 3.80. The maximum atomic E-state index is 12.4.